The molecule has 20 heavy (non-hydrogen) atoms. The van der Waals surface area contributed by atoms with Crippen molar-refractivity contribution in [1.29, 1.82) is 0 Å². The molecule has 5 heteroatoms. The second-order valence-electron chi connectivity index (χ2n) is 5.53. The Morgan fingerprint density at radius 1 is 1.55 bits per heavy atom. The number of benzene rings is 1. The van der Waals surface area contributed by atoms with Crippen molar-refractivity contribution in [1.82, 2.24) is 10.2 Å². The van der Waals surface area contributed by atoms with Gasteiger partial charge >= 0.3 is 0 Å². The highest BCUT2D eigenvalue weighted by Gasteiger charge is 2.24. The number of halogens is 2. The van der Waals surface area contributed by atoms with E-state index in [-0.39, 0.29) is 24.2 Å². The summed E-state index contributed by atoms with van der Waals surface area (Å²) in [6.07, 6.45) is 1.99. The molecular weight excluding hydrogens is 323 g/mol. The van der Waals surface area contributed by atoms with E-state index in [4.69, 9.17) is 0 Å². The van der Waals surface area contributed by atoms with E-state index in [1.807, 2.05) is 0 Å². The van der Waals surface area contributed by atoms with Crippen molar-refractivity contribution in [2.24, 2.45) is 0 Å². The van der Waals surface area contributed by atoms with Crippen molar-refractivity contribution in [2.45, 2.75) is 38.3 Å². The zero-order valence-corrected chi connectivity index (χ0v) is 13.4. The molecule has 1 amide bonds. The molecule has 110 valence electrons. The molecule has 0 radical (unpaired) electrons. The highest BCUT2D eigenvalue weighted by molar-refractivity contribution is 9.10. The molecule has 1 aromatic carbocycles. The van der Waals surface area contributed by atoms with Crippen LogP contribution in [0.15, 0.2) is 22.7 Å². The van der Waals surface area contributed by atoms with E-state index in [9.17, 15) is 9.18 Å². The highest BCUT2D eigenvalue weighted by atomic mass is 79.9. The quantitative estimate of drug-likeness (QED) is 0.915. The lowest BCUT2D eigenvalue weighted by Gasteiger charge is -2.35. The predicted octanol–water partition coefficient (Wildman–Crippen LogP) is 2.73. The Morgan fingerprint density at radius 2 is 2.30 bits per heavy atom. The third-order valence-corrected chi connectivity index (χ3v) is 4.43. The monoisotopic (exact) mass is 342 g/mol. The lowest BCUT2D eigenvalue weighted by Crippen LogP contribution is -2.47. The number of rotatable bonds is 3. The summed E-state index contributed by atoms with van der Waals surface area (Å²) >= 11 is 3.30. The van der Waals surface area contributed by atoms with Crippen LogP contribution in [0.2, 0.25) is 0 Å². The number of nitrogens with one attached hydrogen (secondary N) is 1. The smallest absolute Gasteiger partial charge is 0.224 e. The van der Waals surface area contributed by atoms with Crippen LogP contribution in [0, 0.1) is 5.82 Å². The van der Waals surface area contributed by atoms with Crippen LogP contribution < -0.4 is 5.32 Å². The van der Waals surface area contributed by atoms with Crippen molar-refractivity contribution >= 4 is 21.8 Å². The van der Waals surface area contributed by atoms with E-state index in [1.54, 1.807) is 12.1 Å². The van der Waals surface area contributed by atoms with E-state index < -0.39 is 0 Å². The molecule has 0 bridgehead atoms. The van der Waals surface area contributed by atoms with Crippen LogP contribution in [0.25, 0.3) is 0 Å². The van der Waals surface area contributed by atoms with E-state index in [0.29, 0.717) is 11.6 Å². The normalized spacial score (nSPS) is 23.6. The summed E-state index contributed by atoms with van der Waals surface area (Å²) < 4.78 is 14.4. The first-order chi connectivity index (χ1) is 9.45. The maximum absolute atomic E-state index is 13.6. The van der Waals surface area contributed by atoms with Gasteiger partial charge in [0, 0.05) is 23.1 Å². The maximum atomic E-state index is 13.6. The van der Waals surface area contributed by atoms with Crippen LogP contribution in [0.3, 0.4) is 0 Å². The van der Waals surface area contributed by atoms with Crippen molar-refractivity contribution < 1.29 is 9.18 Å². The van der Waals surface area contributed by atoms with Crippen molar-refractivity contribution in [3.63, 3.8) is 0 Å². The SMILES string of the molecule is C[C@H]1C[C@H](NC(=O)Cc2cc(Br)ccc2F)CCN1C. The van der Waals surface area contributed by atoms with E-state index >= 15 is 0 Å². The lowest BCUT2D eigenvalue weighted by molar-refractivity contribution is -0.121. The molecule has 3 nitrogen and oxygen atoms in total. The highest BCUT2D eigenvalue weighted by Crippen LogP contribution is 2.18. The Bertz CT molecular complexity index is 495. The molecule has 0 aliphatic carbocycles. The van der Waals surface area contributed by atoms with Gasteiger partial charge in [0.1, 0.15) is 5.82 Å². The molecule has 1 aliphatic rings. The average Bonchev–Trinajstić information content (AvgIpc) is 2.38. The van der Waals surface area contributed by atoms with Crippen LogP contribution in [0.1, 0.15) is 25.3 Å². The molecule has 0 saturated carbocycles. The molecule has 1 aliphatic heterocycles. The van der Waals surface area contributed by atoms with Gasteiger partial charge in [0.2, 0.25) is 5.91 Å². The maximum Gasteiger partial charge on any atom is 0.224 e. The zero-order valence-electron chi connectivity index (χ0n) is 11.8. The average molecular weight is 343 g/mol. The van der Waals surface area contributed by atoms with Gasteiger partial charge in [0.15, 0.2) is 0 Å². The molecule has 0 spiro atoms. The second kappa shape index (κ2) is 6.68. The number of carbonyl (C=O) groups is 1. The zero-order chi connectivity index (χ0) is 14.7. The van der Waals surface area contributed by atoms with Gasteiger partial charge in [-0.05, 0) is 50.6 Å². The first-order valence-electron chi connectivity index (χ1n) is 6.89. The molecule has 2 atom stereocenters. The standard InChI is InChI=1S/C15H20BrFN2O/c1-10-7-13(5-6-19(10)2)18-15(20)9-11-8-12(16)3-4-14(11)17/h3-4,8,10,13H,5-7,9H2,1-2H3,(H,18,20)/t10-,13+/m0/s1. The molecule has 2 rings (SSSR count). The molecule has 1 aromatic rings. The summed E-state index contributed by atoms with van der Waals surface area (Å²) in [5.74, 6) is -0.441. The van der Waals surface area contributed by atoms with Crippen molar-refractivity contribution in [2.75, 3.05) is 13.6 Å². The minimum atomic E-state index is -0.333. The van der Waals surface area contributed by atoms with E-state index in [0.717, 1.165) is 23.9 Å². The fraction of sp³-hybridized carbons (Fsp3) is 0.533. The first kappa shape index (κ1) is 15.4. The van der Waals surface area contributed by atoms with Gasteiger partial charge in [-0.25, -0.2) is 4.39 Å². The number of hydrogen-bond acceptors (Lipinski definition) is 2. The molecule has 1 saturated heterocycles. The molecule has 1 heterocycles. The van der Waals surface area contributed by atoms with Gasteiger partial charge in [0.05, 0.1) is 6.42 Å². The largest absolute Gasteiger partial charge is 0.353 e. The van der Waals surface area contributed by atoms with Gasteiger partial charge < -0.3 is 10.2 Å². The summed E-state index contributed by atoms with van der Waals surface area (Å²) in [7, 11) is 2.10. The van der Waals surface area contributed by atoms with Crippen LogP contribution in [-0.4, -0.2) is 36.5 Å². The van der Waals surface area contributed by atoms with Crippen LogP contribution in [-0.2, 0) is 11.2 Å². The van der Waals surface area contributed by atoms with Gasteiger partial charge in [0.25, 0.3) is 0 Å². The minimum Gasteiger partial charge on any atom is -0.353 e. The van der Waals surface area contributed by atoms with Gasteiger partial charge in [-0.15, -0.1) is 0 Å². The second-order valence-corrected chi connectivity index (χ2v) is 6.45. The number of piperidine rings is 1. The molecule has 1 fully saturated rings. The Hall–Kier alpha value is -0.940. The number of likely N-dealkylation sites (tertiary alicyclic amines) is 1. The third-order valence-electron chi connectivity index (χ3n) is 3.93. The fourth-order valence-corrected chi connectivity index (χ4v) is 2.96. The number of carbonyl (C=O) groups excluding carboxylic acids is 1. The van der Waals surface area contributed by atoms with Gasteiger partial charge in [-0.2, -0.15) is 0 Å². The Kier molecular flexibility index (Phi) is 5.16. The molecule has 1 N–H and O–H groups in total. The van der Waals surface area contributed by atoms with Crippen molar-refractivity contribution in [3.05, 3.63) is 34.1 Å². The topological polar surface area (TPSA) is 32.3 Å². The predicted molar refractivity (Wildman–Crippen MR) is 81.1 cm³/mol. The summed E-state index contributed by atoms with van der Waals surface area (Å²) in [5.41, 5.74) is 0.429. The Morgan fingerprint density at radius 3 is 3.00 bits per heavy atom. The first-order valence-corrected chi connectivity index (χ1v) is 7.68. The summed E-state index contributed by atoms with van der Waals surface area (Å²) in [6, 6.07) is 5.34. The molecule has 0 aromatic heterocycles. The van der Waals surface area contributed by atoms with E-state index in [1.165, 1.54) is 6.07 Å². The Labute approximate surface area is 127 Å². The van der Waals surface area contributed by atoms with Gasteiger partial charge in [-0.1, -0.05) is 15.9 Å². The third kappa shape index (κ3) is 4.03. The summed E-state index contributed by atoms with van der Waals surface area (Å²) in [6.45, 7) is 3.14. The van der Waals surface area contributed by atoms with Crippen LogP contribution in [0.5, 0.6) is 0 Å². The van der Waals surface area contributed by atoms with Crippen LogP contribution in [0.4, 0.5) is 4.39 Å². The minimum absolute atomic E-state index is 0.0893. The van der Waals surface area contributed by atoms with E-state index in [2.05, 4.69) is 40.1 Å². The van der Waals surface area contributed by atoms with Gasteiger partial charge in [-0.3, -0.25) is 4.79 Å². The van der Waals surface area contributed by atoms with Crippen LogP contribution >= 0.6 is 15.9 Å². The Balaban J connectivity index is 1.91. The molecular formula is C15H20BrFN2O. The molecule has 0 unspecified atom stereocenters. The number of hydrogen-bond donors (Lipinski definition) is 1. The number of amides is 1. The van der Waals surface area contributed by atoms with Crippen molar-refractivity contribution in [3.8, 4) is 0 Å². The summed E-state index contributed by atoms with van der Waals surface area (Å²) in [4.78, 5) is 14.3. The number of nitrogens with zero attached hydrogens (tertiary/aromatic N) is 1. The summed E-state index contributed by atoms with van der Waals surface area (Å²) in [5, 5.41) is 3.02. The lowest BCUT2D eigenvalue weighted by atomic mass is 9.98. The fourth-order valence-electron chi connectivity index (χ4n) is 2.55.